The van der Waals surface area contributed by atoms with Crippen LogP contribution in [0.15, 0.2) is 30.3 Å². The third kappa shape index (κ3) is 2.84. The molecule has 0 amide bonds. The Morgan fingerprint density at radius 3 is 2.82 bits per heavy atom. The smallest absolute Gasteiger partial charge is 0.323 e. The zero-order valence-corrected chi connectivity index (χ0v) is 9.87. The number of esters is 1. The van der Waals surface area contributed by atoms with E-state index in [1.165, 1.54) is 7.11 Å². The molecule has 0 unspecified atom stereocenters. The van der Waals surface area contributed by atoms with Gasteiger partial charge in [0, 0.05) is 19.5 Å². The lowest BCUT2D eigenvalue weighted by Crippen LogP contribution is -2.36. The van der Waals surface area contributed by atoms with Crippen molar-refractivity contribution in [2.75, 3.05) is 13.7 Å². The molecule has 0 bridgehead atoms. The van der Waals surface area contributed by atoms with Crippen LogP contribution in [-0.2, 0) is 16.1 Å². The Bertz CT molecular complexity index is 380. The highest BCUT2D eigenvalue weighted by molar-refractivity contribution is 5.76. The monoisotopic (exact) mass is 235 g/mol. The van der Waals surface area contributed by atoms with E-state index in [1.807, 2.05) is 35.2 Å². The summed E-state index contributed by atoms with van der Waals surface area (Å²) in [6.45, 7) is 1.19. The predicted octanol–water partition coefficient (Wildman–Crippen LogP) is 0.795. The summed E-state index contributed by atoms with van der Waals surface area (Å²) in [6, 6.07) is 9.59. The van der Waals surface area contributed by atoms with E-state index in [9.17, 15) is 9.90 Å². The van der Waals surface area contributed by atoms with Gasteiger partial charge in [0.25, 0.3) is 0 Å². The third-order valence-electron chi connectivity index (χ3n) is 3.08. The van der Waals surface area contributed by atoms with Gasteiger partial charge in [0.1, 0.15) is 6.04 Å². The number of hydrogen-bond acceptors (Lipinski definition) is 4. The Morgan fingerprint density at radius 1 is 1.47 bits per heavy atom. The Balaban J connectivity index is 2.06. The number of methoxy groups -OCH3 is 1. The SMILES string of the molecule is COC(=O)[C@@H]1C[C@@H](O)CN1Cc1ccccc1. The predicted molar refractivity (Wildman–Crippen MR) is 63.3 cm³/mol. The topological polar surface area (TPSA) is 49.8 Å². The molecule has 1 fully saturated rings. The van der Waals surface area contributed by atoms with Crippen molar-refractivity contribution in [2.45, 2.75) is 25.1 Å². The molecule has 0 aromatic heterocycles. The van der Waals surface area contributed by atoms with Crippen LogP contribution in [0.3, 0.4) is 0 Å². The molecule has 0 radical (unpaired) electrons. The van der Waals surface area contributed by atoms with E-state index in [0.717, 1.165) is 5.56 Å². The van der Waals surface area contributed by atoms with E-state index < -0.39 is 6.10 Å². The maximum Gasteiger partial charge on any atom is 0.323 e. The highest BCUT2D eigenvalue weighted by Crippen LogP contribution is 2.21. The minimum Gasteiger partial charge on any atom is -0.468 e. The molecule has 2 rings (SSSR count). The van der Waals surface area contributed by atoms with Gasteiger partial charge >= 0.3 is 5.97 Å². The fraction of sp³-hybridized carbons (Fsp3) is 0.462. The lowest BCUT2D eigenvalue weighted by Gasteiger charge is -2.21. The van der Waals surface area contributed by atoms with Crippen molar-refractivity contribution in [1.82, 2.24) is 4.90 Å². The lowest BCUT2D eigenvalue weighted by molar-refractivity contribution is -0.146. The molecule has 1 N–H and O–H groups in total. The number of carbonyl (C=O) groups excluding carboxylic acids is 1. The minimum atomic E-state index is -0.442. The average Bonchev–Trinajstić information content (AvgIpc) is 2.70. The first kappa shape index (κ1) is 12.1. The summed E-state index contributed by atoms with van der Waals surface area (Å²) in [5.41, 5.74) is 1.13. The van der Waals surface area contributed by atoms with Crippen molar-refractivity contribution in [3.8, 4) is 0 Å². The number of aliphatic hydroxyl groups excluding tert-OH is 1. The Labute approximate surface area is 101 Å². The third-order valence-corrected chi connectivity index (χ3v) is 3.08. The number of likely N-dealkylation sites (tertiary alicyclic amines) is 1. The second-order valence-electron chi connectivity index (χ2n) is 4.34. The van der Waals surface area contributed by atoms with E-state index in [0.29, 0.717) is 19.5 Å². The van der Waals surface area contributed by atoms with Gasteiger partial charge in [-0.25, -0.2) is 0 Å². The van der Waals surface area contributed by atoms with E-state index in [1.54, 1.807) is 0 Å². The fourth-order valence-electron chi connectivity index (χ4n) is 2.25. The molecular formula is C13H17NO3. The van der Waals surface area contributed by atoms with Crippen molar-refractivity contribution < 1.29 is 14.6 Å². The zero-order chi connectivity index (χ0) is 12.3. The maximum atomic E-state index is 11.6. The Kier molecular flexibility index (Phi) is 3.76. The van der Waals surface area contributed by atoms with Gasteiger partial charge in [0.05, 0.1) is 13.2 Å². The first-order valence-electron chi connectivity index (χ1n) is 5.74. The van der Waals surface area contributed by atoms with E-state index >= 15 is 0 Å². The van der Waals surface area contributed by atoms with Crippen molar-refractivity contribution in [3.05, 3.63) is 35.9 Å². The van der Waals surface area contributed by atoms with Gasteiger partial charge in [0.15, 0.2) is 0 Å². The van der Waals surface area contributed by atoms with Gasteiger partial charge in [-0.1, -0.05) is 30.3 Å². The van der Waals surface area contributed by atoms with Gasteiger partial charge in [-0.15, -0.1) is 0 Å². The van der Waals surface area contributed by atoms with Gasteiger partial charge in [-0.2, -0.15) is 0 Å². The highest BCUT2D eigenvalue weighted by atomic mass is 16.5. The average molecular weight is 235 g/mol. The number of benzene rings is 1. The van der Waals surface area contributed by atoms with E-state index in [-0.39, 0.29) is 12.0 Å². The van der Waals surface area contributed by atoms with Crippen LogP contribution in [0.5, 0.6) is 0 Å². The molecule has 2 atom stereocenters. The first-order valence-corrected chi connectivity index (χ1v) is 5.74. The molecule has 1 aromatic carbocycles. The molecule has 17 heavy (non-hydrogen) atoms. The molecule has 1 aliphatic heterocycles. The lowest BCUT2D eigenvalue weighted by atomic mass is 10.2. The van der Waals surface area contributed by atoms with E-state index in [4.69, 9.17) is 4.74 Å². The van der Waals surface area contributed by atoms with Gasteiger partial charge < -0.3 is 9.84 Å². The Morgan fingerprint density at radius 2 is 2.18 bits per heavy atom. The molecule has 92 valence electrons. The molecule has 1 aromatic rings. The molecule has 1 heterocycles. The van der Waals surface area contributed by atoms with Gasteiger partial charge in [-0.3, -0.25) is 9.69 Å². The van der Waals surface area contributed by atoms with Crippen LogP contribution in [0, 0.1) is 0 Å². The van der Waals surface area contributed by atoms with Crippen LogP contribution in [0.1, 0.15) is 12.0 Å². The quantitative estimate of drug-likeness (QED) is 0.787. The normalized spacial score (nSPS) is 24.8. The summed E-state index contributed by atoms with van der Waals surface area (Å²) in [7, 11) is 1.38. The molecule has 1 saturated heterocycles. The van der Waals surface area contributed by atoms with E-state index in [2.05, 4.69) is 0 Å². The van der Waals surface area contributed by atoms with Crippen LogP contribution in [-0.4, -0.2) is 41.8 Å². The van der Waals surface area contributed by atoms with Gasteiger partial charge in [0.2, 0.25) is 0 Å². The Hall–Kier alpha value is -1.39. The fourth-order valence-corrected chi connectivity index (χ4v) is 2.25. The summed E-state index contributed by atoms with van der Waals surface area (Å²) in [5.74, 6) is -0.266. The molecular weight excluding hydrogens is 218 g/mol. The molecule has 4 nitrogen and oxygen atoms in total. The zero-order valence-electron chi connectivity index (χ0n) is 9.87. The second kappa shape index (κ2) is 5.29. The largest absolute Gasteiger partial charge is 0.468 e. The number of hydrogen-bond donors (Lipinski definition) is 1. The summed E-state index contributed by atoms with van der Waals surface area (Å²) >= 11 is 0. The van der Waals surface area contributed by atoms with Crippen LogP contribution in [0.2, 0.25) is 0 Å². The molecule has 0 saturated carbocycles. The molecule has 1 aliphatic rings. The maximum absolute atomic E-state index is 11.6. The van der Waals surface area contributed by atoms with Crippen LogP contribution in [0.25, 0.3) is 0 Å². The van der Waals surface area contributed by atoms with Crippen molar-refractivity contribution >= 4 is 5.97 Å². The molecule has 0 spiro atoms. The molecule has 0 aliphatic carbocycles. The second-order valence-corrected chi connectivity index (χ2v) is 4.34. The van der Waals surface area contributed by atoms with Crippen molar-refractivity contribution in [1.29, 1.82) is 0 Å². The minimum absolute atomic E-state index is 0.266. The summed E-state index contributed by atoms with van der Waals surface area (Å²) < 4.78 is 4.76. The van der Waals surface area contributed by atoms with Crippen molar-refractivity contribution in [2.24, 2.45) is 0 Å². The number of rotatable bonds is 3. The number of aliphatic hydroxyl groups is 1. The van der Waals surface area contributed by atoms with Gasteiger partial charge in [-0.05, 0) is 5.56 Å². The van der Waals surface area contributed by atoms with Crippen LogP contribution >= 0.6 is 0 Å². The number of ether oxygens (including phenoxy) is 1. The standard InChI is InChI=1S/C13H17NO3/c1-17-13(16)12-7-11(15)9-14(12)8-10-5-3-2-4-6-10/h2-6,11-12,15H,7-9H2,1H3/t11-,12+/m1/s1. The summed E-state index contributed by atoms with van der Waals surface area (Å²) in [4.78, 5) is 13.5. The molecule has 4 heteroatoms. The van der Waals surface area contributed by atoms with Crippen LogP contribution in [0.4, 0.5) is 0 Å². The highest BCUT2D eigenvalue weighted by Gasteiger charge is 2.36. The van der Waals surface area contributed by atoms with Crippen molar-refractivity contribution in [3.63, 3.8) is 0 Å². The number of nitrogens with zero attached hydrogens (tertiary/aromatic N) is 1. The number of β-amino-alcohol motifs (C(OH)–C–C–N with tert-alkyl or cyclic N) is 1. The summed E-state index contributed by atoms with van der Waals surface area (Å²) in [5, 5.41) is 9.64. The summed E-state index contributed by atoms with van der Waals surface area (Å²) in [6.07, 6.45) is 0.0160. The van der Waals surface area contributed by atoms with Crippen LogP contribution < -0.4 is 0 Å². The first-order chi connectivity index (χ1) is 8.20. The number of carbonyl (C=O) groups is 1.